The number of carbonyl (C=O) groups excluding carboxylic acids is 3. The predicted molar refractivity (Wildman–Crippen MR) is 97.1 cm³/mol. The highest BCUT2D eigenvalue weighted by atomic mass is 19.4. The van der Waals surface area contributed by atoms with Gasteiger partial charge < -0.3 is 15.8 Å². The molecule has 6 nitrogen and oxygen atoms in total. The Kier molecular flexibility index (Phi) is 7.35. The van der Waals surface area contributed by atoms with E-state index in [1.807, 2.05) is 0 Å². The molecule has 0 heterocycles. The van der Waals surface area contributed by atoms with Gasteiger partial charge in [-0.05, 0) is 23.3 Å². The van der Waals surface area contributed by atoms with Gasteiger partial charge in [0.25, 0.3) is 0 Å². The van der Waals surface area contributed by atoms with Crippen LogP contribution in [-0.2, 0) is 38.3 Å². The molecule has 0 fully saturated rings. The average molecular weight is 408 g/mol. The van der Waals surface area contributed by atoms with Crippen LogP contribution in [0.1, 0.15) is 23.1 Å². The van der Waals surface area contributed by atoms with E-state index in [9.17, 15) is 27.6 Å². The number of primary amides is 1. The highest BCUT2D eigenvalue weighted by molar-refractivity contribution is 5.90. The van der Waals surface area contributed by atoms with Gasteiger partial charge in [-0.2, -0.15) is 13.2 Å². The molecule has 0 bridgehead atoms. The fraction of sp³-hybridized carbons (Fsp3) is 0.250. The van der Waals surface area contributed by atoms with Crippen LogP contribution in [0.3, 0.4) is 0 Å². The van der Waals surface area contributed by atoms with Crippen molar-refractivity contribution < 1.29 is 32.3 Å². The minimum Gasteiger partial charge on any atom is -0.461 e. The Bertz CT molecular complexity index is 852. The number of alkyl halides is 3. The topological polar surface area (TPSA) is 98.5 Å². The molecule has 154 valence electrons. The van der Waals surface area contributed by atoms with Crippen molar-refractivity contribution in [3.05, 3.63) is 71.3 Å². The molecule has 0 saturated carbocycles. The Morgan fingerprint density at radius 1 is 0.966 bits per heavy atom. The Morgan fingerprint density at radius 3 is 2.14 bits per heavy atom. The van der Waals surface area contributed by atoms with Crippen LogP contribution in [0.15, 0.2) is 54.6 Å². The number of rotatable bonds is 8. The first-order valence-electron chi connectivity index (χ1n) is 8.59. The summed E-state index contributed by atoms with van der Waals surface area (Å²) < 4.78 is 42.7. The SMILES string of the molecule is NC(=O)[C@@H](CC(=O)OCc1ccccc1)NC(=O)Cc1ccc(C(F)(F)F)cc1. The summed E-state index contributed by atoms with van der Waals surface area (Å²) in [6.45, 7) is 0.00462. The van der Waals surface area contributed by atoms with Crippen molar-refractivity contribution in [1.82, 2.24) is 5.32 Å². The number of amides is 2. The molecule has 0 radical (unpaired) electrons. The van der Waals surface area contributed by atoms with Gasteiger partial charge in [0.1, 0.15) is 12.6 Å². The van der Waals surface area contributed by atoms with Gasteiger partial charge in [0, 0.05) is 0 Å². The zero-order chi connectivity index (χ0) is 21.4. The molecule has 0 spiro atoms. The lowest BCUT2D eigenvalue weighted by atomic mass is 10.1. The van der Waals surface area contributed by atoms with Gasteiger partial charge in [0.2, 0.25) is 11.8 Å². The van der Waals surface area contributed by atoms with E-state index in [2.05, 4.69) is 5.32 Å². The summed E-state index contributed by atoms with van der Waals surface area (Å²) in [5.41, 5.74) is 5.44. The Hall–Kier alpha value is -3.36. The van der Waals surface area contributed by atoms with Crippen LogP contribution in [0.5, 0.6) is 0 Å². The second kappa shape index (κ2) is 9.72. The predicted octanol–water partition coefficient (Wildman–Crippen LogP) is 2.35. The van der Waals surface area contributed by atoms with Crippen LogP contribution in [0, 0.1) is 0 Å². The van der Waals surface area contributed by atoms with Crippen LogP contribution in [0.4, 0.5) is 13.2 Å². The lowest BCUT2D eigenvalue weighted by Gasteiger charge is -2.15. The highest BCUT2D eigenvalue weighted by Crippen LogP contribution is 2.29. The Morgan fingerprint density at radius 2 is 1.59 bits per heavy atom. The van der Waals surface area contributed by atoms with Crippen molar-refractivity contribution >= 4 is 17.8 Å². The molecule has 2 rings (SSSR count). The lowest BCUT2D eigenvalue weighted by molar-refractivity contribution is -0.147. The number of ether oxygens (including phenoxy) is 1. The molecule has 1 atom stereocenters. The van der Waals surface area contributed by atoms with Crippen LogP contribution < -0.4 is 11.1 Å². The number of carbonyl (C=O) groups is 3. The molecular weight excluding hydrogens is 389 g/mol. The summed E-state index contributed by atoms with van der Waals surface area (Å²) >= 11 is 0. The number of hydrogen-bond donors (Lipinski definition) is 2. The van der Waals surface area contributed by atoms with E-state index >= 15 is 0 Å². The smallest absolute Gasteiger partial charge is 0.416 e. The molecule has 0 aliphatic carbocycles. The van der Waals surface area contributed by atoms with E-state index < -0.39 is 42.0 Å². The second-order valence-corrected chi connectivity index (χ2v) is 6.24. The van der Waals surface area contributed by atoms with E-state index in [1.54, 1.807) is 30.3 Å². The van der Waals surface area contributed by atoms with E-state index in [4.69, 9.17) is 10.5 Å². The number of hydrogen-bond acceptors (Lipinski definition) is 4. The molecular formula is C20H19F3N2O4. The maximum Gasteiger partial charge on any atom is 0.416 e. The molecule has 0 unspecified atom stereocenters. The number of esters is 1. The molecule has 2 aromatic rings. The van der Waals surface area contributed by atoms with Crippen molar-refractivity contribution in [2.45, 2.75) is 31.7 Å². The monoisotopic (exact) mass is 408 g/mol. The van der Waals surface area contributed by atoms with Gasteiger partial charge in [0.15, 0.2) is 0 Å². The first-order chi connectivity index (χ1) is 13.6. The molecule has 0 aliphatic heterocycles. The number of nitrogens with two attached hydrogens (primary N) is 1. The van der Waals surface area contributed by atoms with Crippen molar-refractivity contribution in [3.63, 3.8) is 0 Å². The maximum absolute atomic E-state index is 12.6. The summed E-state index contributed by atoms with van der Waals surface area (Å²) in [7, 11) is 0. The normalized spacial score (nSPS) is 12.1. The van der Waals surface area contributed by atoms with Crippen LogP contribution >= 0.6 is 0 Å². The van der Waals surface area contributed by atoms with Crippen molar-refractivity contribution in [2.75, 3.05) is 0 Å². The first kappa shape index (κ1) is 21.9. The van der Waals surface area contributed by atoms with Crippen LogP contribution in [0.2, 0.25) is 0 Å². The zero-order valence-corrected chi connectivity index (χ0v) is 15.2. The molecule has 3 N–H and O–H groups in total. The fourth-order valence-corrected chi connectivity index (χ4v) is 2.43. The Labute approximate surface area is 164 Å². The molecule has 0 aromatic heterocycles. The van der Waals surface area contributed by atoms with Crippen molar-refractivity contribution in [2.24, 2.45) is 5.73 Å². The van der Waals surface area contributed by atoms with Gasteiger partial charge in [0.05, 0.1) is 18.4 Å². The van der Waals surface area contributed by atoms with Gasteiger partial charge in [-0.3, -0.25) is 14.4 Å². The van der Waals surface area contributed by atoms with E-state index in [1.165, 1.54) is 0 Å². The Balaban J connectivity index is 1.88. The van der Waals surface area contributed by atoms with E-state index in [0.29, 0.717) is 5.56 Å². The minimum atomic E-state index is -4.47. The number of nitrogens with one attached hydrogen (secondary N) is 1. The van der Waals surface area contributed by atoms with Crippen molar-refractivity contribution in [3.8, 4) is 0 Å². The maximum atomic E-state index is 12.6. The van der Waals surface area contributed by atoms with E-state index in [-0.39, 0.29) is 13.0 Å². The summed E-state index contributed by atoms with van der Waals surface area (Å²) in [5, 5.41) is 2.30. The summed E-state index contributed by atoms with van der Waals surface area (Å²) in [5.74, 6) is -2.32. The molecule has 2 aromatic carbocycles. The fourth-order valence-electron chi connectivity index (χ4n) is 2.43. The van der Waals surface area contributed by atoms with Crippen LogP contribution in [-0.4, -0.2) is 23.8 Å². The van der Waals surface area contributed by atoms with Crippen molar-refractivity contribution in [1.29, 1.82) is 0 Å². The second-order valence-electron chi connectivity index (χ2n) is 6.24. The minimum absolute atomic E-state index is 0.00462. The molecule has 2 amide bonds. The lowest BCUT2D eigenvalue weighted by Crippen LogP contribution is -2.46. The van der Waals surface area contributed by atoms with Gasteiger partial charge >= 0.3 is 12.1 Å². The number of benzene rings is 2. The first-order valence-corrected chi connectivity index (χ1v) is 8.59. The third kappa shape index (κ3) is 7.28. The summed E-state index contributed by atoms with van der Waals surface area (Å²) in [6, 6.07) is 11.6. The molecule has 9 heteroatoms. The third-order valence-electron chi connectivity index (χ3n) is 3.94. The molecule has 0 aliphatic rings. The largest absolute Gasteiger partial charge is 0.461 e. The quantitative estimate of drug-likeness (QED) is 0.655. The van der Waals surface area contributed by atoms with Gasteiger partial charge in [-0.15, -0.1) is 0 Å². The summed E-state index contributed by atoms with van der Waals surface area (Å²) in [4.78, 5) is 35.5. The van der Waals surface area contributed by atoms with Gasteiger partial charge in [-0.25, -0.2) is 0 Å². The highest BCUT2D eigenvalue weighted by Gasteiger charge is 2.30. The third-order valence-corrected chi connectivity index (χ3v) is 3.94. The average Bonchev–Trinajstić information content (AvgIpc) is 2.66. The molecule has 29 heavy (non-hydrogen) atoms. The molecule has 0 saturated heterocycles. The van der Waals surface area contributed by atoms with Gasteiger partial charge in [-0.1, -0.05) is 42.5 Å². The number of halogens is 3. The summed E-state index contributed by atoms with van der Waals surface area (Å²) in [6.07, 6.45) is -5.21. The van der Waals surface area contributed by atoms with E-state index in [0.717, 1.165) is 29.8 Å². The van der Waals surface area contributed by atoms with Crippen LogP contribution in [0.25, 0.3) is 0 Å². The zero-order valence-electron chi connectivity index (χ0n) is 15.2. The standard InChI is InChI=1S/C20H19F3N2O4/c21-20(22,23)15-8-6-13(7-9-15)10-17(26)25-16(19(24)28)11-18(27)29-12-14-4-2-1-3-5-14/h1-9,16H,10-12H2,(H2,24,28)(H,25,26)/t16-/m1/s1.